The normalized spacial score (nSPS) is 14.1. The summed E-state index contributed by atoms with van der Waals surface area (Å²) in [6.45, 7) is 4.51. The summed E-state index contributed by atoms with van der Waals surface area (Å²) in [5.41, 5.74) is 5.79. The number of rotatable bonds is 5. The van der Waals surface area contributed by atoms with Crippen molar-refractivity contribution in [2.75, 3.05) is 6.61 Å². The first kappa shape index (κ1) is 9.92. The molecule has 0 amide bonds. The smallest absolute Gasteiger partial charge is 0.0445 e. The zero-order valence-corrected chi connectivity index (χ0v) is 7.01. The van der Waals surface area contributed by atoms with Crippen LogP contribution in [0.3, 0.4) is 0 Å². The SMILES string of the molecule is CCC(CC)[C@@H](N)CCO. The first-order valence-corrected chi connectivity index (χ1v) is 4.12. The molecule has 0 aliphatic carbocycles. The zero-order valence-electron chi connectivity index (χ0n) is 7.01. The largest absolute Gasteiger partial charge is 0.396 e. The van der Waals surface area contributed by atoms with Crippen LogP contribution in [-0.2, 0) is 0 Å². The Bertz CT molecular complexity index is 71.7. The minimum atomic E-state index is 0.194. The van der Waals surface area contributed by atoms with Gasteiger partial charge in [-0.3, -0.25) is 0 Å². The van der Waals surface area contributed by atoms with Crippen molar-refractivity contribution in [2.45, 2.75) is 39.2 Å². The van der Waals surface area contributed by atoms with E-state index in [1.165, 1.54) is 0 Å². The second-order valence-electron chi connectivity index (χ2n) is 2.75. The van der Waals surface area contributed by atoms with Crippen molar-refractivity contribution < 1.29 is 5.11 Å². The summed E-state index contributed by atoms with van der Waals surface area (Å²) in [5.74, 6) is 0.590. The van der Waals surface area contributed by atoms with Crippen molar-refractivity contribution >= 4 is 0 Å². The molecule has 0 fully saturated rings. The van der Waals surface area contributed by atoms with Crippen molar-refractivity contribution in [1.82, 2.24) is 0 Å². The van der Waals surface area contributed by atoms with Crippen molar-refractivity contribution in [3.05, 3.63) is 0 Å². The van der Waals surface area contributed by atoms with Gasteiger partial charge in [0.25, 0.3) is 0 Å². The molecule has 0 bridgehead atoms. The maximum atomic E-state index is 8.60. The number of hydrogen-bond donors (Lipinski definition) is 2. The summed E-state index contributed by atoms with van der Waals surface area (Å²) in [7, 11) is 0. The Morgan fingerprint density at radius 1 is 1.30 bits per heavy atom. The fourth-order valence-electron chi connectivity index (χ4n) is 1.28. The van der Waals surface area contributed by atoms with E-state index in [1.54, 1.807) is 0 Å². The highest BCUT2D eigenvalue weighted by Gasteiger charge is 2.12. The van der Waals surface area contributed by atoms with Crippen LogP contribution >= 0.6 is 0 Å². The van der Waals surface area contributed by atoms with Crippen LogP contribution in [-0.4, -0.2) is 17.8 Å². The highest BCUT2D eigenvalue weighted by molar-refractivity contribution is 4.69. The van der Waals surface area contributed by atoms with Crippen LogP contribution in [0.1, 0.15) is 33.1 Å². The number of nitrogens with two attached hydrogens (primary N) is 1. The third-order valence-electron chi connectivity index (χ3n) is 2.12. The molecule has 2 heteroatoms. The molecule has 1 atom stereocenters. The Labute approximate surface area is 63.4 Å². The molecule has 0 saturated heterocycles. The van der Waals surface area contributed by atoms with Crippen LogP contribution in [0.25, 0.3) is 0 Å². The molecule has 0 spiro atoms. The minimum Gasteiger partial charge on any atom is -0.396 e. The van der Waals surface area contributed by atoms with Gasteiger partial charge in [-0.05, 0) is 12.3 Å². The van der Waals surface area contributed by atoms with E-state index in [4.69, 9.17) is 10.8 Å². The molecule has 0 aromatic carbocycles. The van der Waals surface area contributed by atoms with Crippen molar-refractivity contribution in [3.8, 4) is 0 Å². The van der Waals surface area contributed by atoms with Crippen molar-refractivity contribution in [2.24, 2.45) is 11.7 Å². The summed E-state index contributed by atoms with van der Waals surface area (Å²) in [6, 6.07) is 0.194. The van der Waals surface area contributed by atoms with E-state index < -0.39 is 0 Å². The Kier molecular flexibility index (Phi) is 5.64. The molecule has 0 aliphatic rings. The Balaban J connectivity index is 3.53. The molecule has 0 aliphatic heterocycles. The van der Waals surface area contributed by atoms with Gasteiger partial charge in [0.1, 0.15) is 0 Å². The lowest BCUT2D eigenvalue weighted by molar-refractivity contribution is 0.250. The van der Waals surface area contributed by atoms with Gasteiger partial charge in [0.2, 0.25) is 0 Å². The fraction of sp³-hybridized carbons (Fsp3) is 1.00. The highest BCUT2D eigenvalue weighted by atomic mass is 16.3. The van der Waals surface area contributed by atoms with Crippen LogP contribution in [0.2, 0.25) is 0 Å². The zero-order chi connectivity index (χ0) is 7.98. The molecule has 0 rings (SSSR count). The summed E-state index contributed by atoms with van der Waals surface area (Å²) in [5, 5.41) is 8.60. The highest BCUT2D eigenvalue weighted by Crippen LogP contribution is 2.12. The molecule has 2 nitrogen and oxygen atoms in total. The lowest BCUT2D eigenvalue weighted by Gasteiger charge is -2.19. The molecule has 0 aromatic rings. The molecule has 0 saturated carbocycles. The lowest BCUT2D eigenvalue weighted by Crippen LogP contribution is -2.30. The summed E-state index contributed by atoms with van der Waals surface area (Å²) in [4.78, 5) is 0. The summed E-state index contributed by atoms with van der Waals surface area (Å²) in [6.07, 6.45) is 2.99. The molecular formula is C8H19NO. The Morgan fingerprint density at radius 2 is 1.80 bits per heavy atom. The van der Waals surface area contributed by atoms with E-state index in [-0.39, 0.29) is 12.6 Å². The quantitative estimate of drug-likeness (QED) is 0.609. The molecule has 62 valence electrons. The van der Waals surface area contributed by atoms with Gasteiger partial charge in [-0.2, -0.15) is 0 Å². The predicted octanol–water partition coefficient (Wildman–Crippen LogP) is 1.13. The van der Waals surface area contributed by atoms with Crippen LogP contribution in [0.15, 0.2) is 0 Å². The number of aliphatic hydroxyl groups excluding tert-OH is 1. The first-order valence-electron chi connectivity index (χ1n) is 4.12. The minimum absolute atomic E-state index is 0.194. The average molecular weight is 145 g/mol. The van der Waals surface area contributed by atoms with Crippen LogP contribution < -0.4 is 5.73 Å². The second-order valence-corrected chi connectivity index (χ2v) is 2.75. The molecule has 0 aromatic heterocycles. The van der Waals surface area contributed by atoms with Crippen molar-refractivity contribution in [3.63, 3.8) is 0 Å². The monoisotopic (exact) mass is 145 g/mol. The predicted molar refractivity (Wildman–Crippen MR) is 43.8 cm³/mol. The topological polar surface area (TPSA) is 46.2 Å². The van der Waals surface area contributed by atoms with Crippen LogP contribution in [0.4, 0.5) is 0 Å². The molecule has 0 radical (unpaired) electrons. The third-order valence-corrected chi connectivity index (χ3v) is 2.12. The third kappa shape index (κ3) is 3.18. The summed E-state index contributed by atoms with van der Waals surface area (Å²) >= 11 is 0. The lowest BCUT2D eigenvalue weighted by atomic mass is 9.93. The molecule has 10 heavy (non-hydrogen) atoms. The average Bonchev–Trinajstić information content (AvgIpc) is 1.91. The fourth-order valence-corrected chi connectivity index (χ4v) is 1.28. The molecule has 0 heterocycles. The summed E-state index contributed by atoms with van der Waals surface area (Å²) < 4.78 is 0. The van der Waals surface area contributed by atoms with Gasteiger partial charge in [0.15, 0.2) is 0 Å². The Morgan fingerprint density at radius 3 is 2.10 bits per heavy atom. The van der Waals surface area contributed by atoms with E-state index in [9.17, 15) is 0 Å². The number of aliphatic hydroxyl groups is 1. The van der Waals surface area contributed by atoms with Gasteiger partial charge in [-0.25, -0.2) is 0 Å². The number of hydrogen-bond acceptors (Lipinski definition) is 2. The maximum absolute atomic E-state index is 8.60. The molecule has 3 N–H and O–H groups in total. The van der Waals surface area contributed by atoms with E-state index in [0.29, 0.717) is 5.92 Å². The molecular weight excluding hydrogens is 126 g/mol. The first-order chi connectivity index (χ1) is 4.76. The van der Waals surface area contributed by atoms with Crippen molar-refractivity contribution in [1.29, 1.82) is 0 Å². The van der Waals surface area contributed by atoms with Gasteiger partial charge < -0.3 is 10.8 Å². The van der Waals surface area contributed by atoms with E-state index in [0.717, 1.165) is 19.3 Å². The van der Waals surface area contributed by atoms with Gasteiger partial charge in [-0.1, -0.05) is 26.7 Å². The van der Waals surface area contributed by atoms with E-state index in [2.05, 4.69) is 13.8 Å². The maximum Gasteiger partial charge on any atom is 0.0445 e. The van der Waals surface area contributed by atoms with Gasteiger partial charge in [-0.15, -0.1) is 0 Å². The van der Waals surface area contributed by atoms with E-state index in [1.807, 2.05) is 0 Å². The van der Waals surface area contributed by atoms with Crippen LogP contribution in [0.5, 0.6) is 0 Å². The standard InChI is InChI=1S/C8H19NO/c1-3-7(4-2)8(9)5-6-10/h7-8,10H,3-6,9H2,1-2H3/t8-/m0/s1. The second kappa shape index (κ2) is 5.69. The van der Waals surface area contributed by atoms with Gasteiger partial charge in [0, 0.05) is 12.6 Å². The molecule has 0 unspecified atom stereocenters. The van der Waals surface area contributed by atoms with Gasteiger partial charge >= 0.3 is 0 Å². The van der Waals surface area contributed by atoms with Gasteiger partial charge in [0.05, 0.1) is 0 Å². The van der Waals surface area contributed by atoms with E-state index >= 15 is 0 Å². The Hall–Kier alpha value is -0.0800. The van der Waals surface area contributed by atoms with Crippen LogP contribution in [0, 0.1) is 5.92 Å².